The summed E-state index contributed by atoms with van der Waals surface area (Å²) in [4.78, 5) is 4.40. The van der Waals surface area contributed by atoms with Gasteiger partial charge in [0, 0.05) is 18.4 Å². The quantitative estimate of drug-likeness (QED) is 0.880. The molecule has 0 aliphatic carbocycles. The number of aryl methyl sites for hydroxylation is 3. The molecule has 2 rings (SSSR count). The number of anilines is 2. The Bertz CT molecular complexity index is 531. The van der Waals surface area contributed by atoms with E-state index in [1.54, 1.807) is 6.07 Å². The van der Waals surface area contributed by atoms with E-state index in [0.717, 1.165) is 29.4 Å². The van der Waals surface area contributed by atoms with Gasteiger partial charge in [-0.2, -0.15) is 0 Å². The molecule has 0 aliphatic heterocycles. The van der Waals surface area contributed by atoms with Gasteiger partial charge in [-0.05, 0) is 44.5 Å². The highest BCUT2D eigenvalue weighted by atomic mass is 19.1. The first-order chi connectivity index (χ1) is 8.10. The molecule has 0 bridgehead atoms. The van der Waals surface area contributed by atoms with Gasteiger partial charge < -0.3 is 9.88 Å². The summed E-state index contributed by atoms with van der Waals surface area (Å²) in [5, 5.41) is 3.22. The van der Waals surface area contributed by atoms with Crippen LogP contribution in [0.4, 0.5) is 16.0 Å². The van der Waals surface area contributed by atoms with Crippen LogP contribution in [-0.2, 0) is 6.54 Å². The Balaban J connectivity index is 2.30. The van der Waals surface area contributed by atoms with Crippen molar-refractivity contribution in [3.63, 3.8) is 0 Å². The fraction of sp³-hybridized carbons (Fsp3) is 0.308. The van der Waals surface area contributed by atoms with E-state index in [2.05, 4.69) is 17.2 Å². The zero-order valence-corrected chi connectivity index (χ0v) is 10.3. The van der Waals surface area contributed by atoms with Crippen LogP contribution in [0.25, 0.3) is 0 Å². The van der Waals surface area contributed by atoms with E-state index >= 15 is 0 Å². The summed E-state index contributed by atoms with van der Waals surface area (Å²) >= 11 is 0. The van der Waals surface area contributed by atoms with E-state index in [0.29, 0.717) is 0 Å². The van der Waals surface area contributed by atoms with Crippen molar-refractivity contribution in [2.75, 3.05) is 5.32 Å². The topological polar surface area (TPSA) is 29.9 Å². The molecule has 3 nitrogen and oxygen atoms in total. The minimum Gasteiger partial charge on any atom is -0.325 e. The molecule has 1 heterocycles. The molecule has 0 aliphatic rings. The molecule has 0 spiro atoms. The molecule has 4 heteroatoms. The summed E-state index contributed by atoms with van der Waals surface area (Å²) in [5.74, 6) is 0.572. The van der Waals surface area contributed by atoms with Gasteiger partial charge in [0.1, 0.15) is 5.82 Å². The summed E-state index contributed by atoms with van der Waals surface area (Å²) in [6.45, 7) is 6.74. The van der Waals surface area contributed by atoms with Gasteiger partial charge >= 0.3 is 0 Å². The van der Waals surface area contributed by atoms with Crippen LogP contribution in [0.15, 0.2) is 24.4 Å². The van der Waals surface area contributed by atoms with Gasteiger partial charge in [0.15, 0.2) is 0 Å². The van der Waals surface area contributed by atoms with Gasteiger partial charge in [0.25, 0.3) is 0 Å². The zero-order valence-electron chi connectivity index (χ0n) is 10.3. The third kappa shape index (κ3) is 2.46. The molecular formula is C13H16FN3. The van der Waals surface area contributed by atoms with Crippen LogP contribution in [0.1, 0.15) is 18.2 Å². The molecule has 0 fully saturated rings. The van der Waals surface area contributed by atoms with Crippen LogP contribution in [0, 0.1) is 19.7 Å². The van der Waals surface area contributed by atoms with Crippen LogP contribution in [-0.4, -0.2) is 9.55 Å². The molecule has 0 saturated carbocycles. The minimum atomic E-state index is -0.219. The van der Waals surface area contributed by atoms with Gasteiger partial charge in [-0.15, -0.1) is 0 Å². The van der Waals surface area contributed by atoms with E-state index < -0.39 is 0 Å². The molecule has 1 aromatic carbocycles. The second kappa shape index (κ2) is 4.57. The monoisotopic (exact) mass is 233 g/mol. The van der Waals surface area contributed by atoms with Crippen LogP contribution in [0.2, 0.25) is 0 Å². The summed E-state index contributed by atoms with van der Waals surface area (Å²) in [6.07, 6.45) is 1.99. The predicted molar refractivity (Wildman–Crippen MR) is 67.1 cm³/mol. The lowest BCUT2D eigenvalue weighted by Crippen LogP contribution is -2.02. The van der Waals surface area contributed by atoms with Gasteiger partial charge in [-0.3, -0.25) is 0 Å². The van der Waals surface area contributed by atoms with Crippen molar-refractivity contribution in [3.8, 4) is 0 Å². The molecular weight excluding hydrogens is 217 g/mol. The van der Waals surface area contributed by atoms with Crippen LogP contribution in [0.5, 0.6) is 0 Å². The second-order valence-corrected chi connectivity index (χ2v) is 4.08. The van der Waals surface area contributed by atoms with Gasteiger partial charge in [0.05, 0.1) is 5.69 Å². The average Bonchev–Trinajstić information content (AvgIpc) is 2.63. The molecule has 0 unspecified atom stereocenters. The number of hydrogen-bond donors (Lipinski definition) is 1. The van der Waals surface area contributed by atoms with Crippen molar-refractivity contribution < 1.29 is 4.39 Å². The standard InChI is InChI=1S/C13H16FN3/c1-4-17-8-10(3)15-13(17)16-12-6-5-11(14)7-9(12)2/h5-8H,4H2,1-3H3,(H,15,16). The molecule has 0 saturated heterocycles. The Kier molecular flexibility index (Phi) is 3.13. The molecule has 1 aromatic heterocycles. The van der Waals surface area contributed by atoms with Crippen molar-refractivity contribution in [2.45, 2.75) is 27.3 Å². The van der Waals surface area contributed by atoms with Crippen molar-refractivity contribution in [1.29, 1.82) is 0 Å². The third-order valence-electron chi connectivity index (χ3n) is 2.67. The highest BCUT2D eigenvalue weighted by Crippen LogP contribution is 2.20. The van der Waals surface area contributed by atoms with Crippen molar-refractivity contribution in [1.82, 2.24) is 9.55 Å². The van der Waals surface area contributed by atoms with Gasteiger partial charge in [-0.1, -0.05) is 0 Å². The highest BCUT2D eigenvalue weighted by molar-refractivity contribution is 5.58. The fourth-order valence-electron chi connectivity index (χ4n) is 1.78. The highest BCUT2D eigenvalue weighted by Gasteiger charge is 2.06. The Hall–Kier alpha value is -1.84. The number of hydrogen-bond acceptors (Lipinski definition) is 2. The third-order valence-corrected chi connectivity index (χ3v) is 2.67. The number of aromatic nitrogens is 2. The van der Waals surface area contributed by atoms with Gasteiger partial charge in [0.2, 0.25) is 5.95 Å². The Morgan fingerprint density at radius 3 is 2.76 bits per heavy atom. The lowest BCUT2D eigenvalue weighted by Gasteiger charge is -2.10. The first kappa shape index (κ1) is 11.6. The average molecular weight is 233 g/mol. The number of imidazole rings is 1. The SMILES string of the molecule is CCn1cc(C)nc1Nc1ccc(F)cc1C. The fourth-order valence-corrected chi connectivity index (χ4v) is 1.78. The second-order valence-electron chi connectivity index (χ2n) is 4.08. The predicted octanol–water partition coefficient (Wildman–Crippen LogP) is 3.40. The van der Waals surface area contributed by atoms with Crippen LogP contribution in [0.3, 0.4) is 0 Å². The zero-order chi connectivity index (χ0) is 12.4. The smallest absolute Gasteiger partial charge is 0.207 e. The van der Waals surface area contributed by atoms with E-state index in [-0.39, 0.29) is 5.82 Å². The molecule has 1 N–H and O–H groups in total. The Morgan fingerprint density at radius 2 is 2.12 bits per heavy atom. The lowest BCUT2D eigenvalue weighted by atomic mass is 10.2. The number of rotatable bonds is 3. The van der Waals surface area contributed by atoms with Crippen LogP contribution < -0.4 is 5.32 Å². The minimum absolute atomic E-state index is 0.219. The van der Waals surface area contributed by atoms with Crippen molar-refractivity contribution in [2.24, 2.45) is 0 Å². The Labute approximate surface area is 100 Å². The largest absolute Gasteiger partial charge is 0.325 e. The van der Waals surface area contributed by atoms with Crippen molar-refractivity contribution >= 4 is 11.6 Å². The number of benzene rings is 1. The van der Waals surface area contributed by atoms with Crippen LogP contribution >= 0.6 is 0 Å². The van der Waals surface area contributed by atoms with E-state index in [1.807, 2.05) is 24.6 Å². The maximum absolute atomic E-state index is 13.0. The summed E-state index contributed by atoms with van der Waals surface area (Å²) in [7, 11) is 0. The molecule has 17 heavy (non-hydrogen) atoms. The number of nitrogens with one attached hydrogen (secondary N) is 1. The van der Waals surface area contributed by atoms with E-state index in [1.165, 1.54) is 12.1 Å². The summed E-state index contributed by atoms with van der Waals surface area (Å²) in [6, 6.07) is 4.69. The van der Waals surface area contributed by atoms with Crippen molar-refractivity contribution in [3.05, 3.63) is 41.5 Å². The lowest BCUT2D eigenvalue weighted by molar-refractivity contribution is 0.627. The molecule has 0 radical (unpaired) electrons. The first-order valence-corrected chi connectivity index (χ1v) is 5.67. The molecule has 90 valence electrons. The maximum Gasteiger partial charge on any atom is 0.207 e. The summed E-state index contributed by atoms with van der Waals surface area (Å²) < 4.78 is 15.0. The summed E-state index contributed by atoms with van der Waals surface area (Å²) in [5.41, 5.74) is 2.72. The number of nitrogens with zero attached hydrogens (tertiary/aromatic N) is 2. The molecule has 0 amide bonds. The molecule has 2 aromatic rings. The Morgan fingerprint density at radius 1 is 1.35 bits per heavy atom. The number of halogens is 1. The van der Waals surface area contributed by atoms with E-state index in [9.17, 15) is 4.39 Å². The van der Waals surface area contributed by atoms with Gasteiger partial charge in [-0.25, -0.2) is 9.37 Å². The maximum atomic E-state index is 13.0. The normalized spacial score (nSPS) is 10.6. The first-order valence-electron chi connectivity index (χ1n) is 5.67. The molecule has 0 atom stereocenters. The van der Waals surface area contributed by atoms with E-state index in [4.69, 9.17) is 0 Å².